The number of rotatable bonds is 12. The van der Waals surface area contributed by atoms with E-state index in [0.717, 1.165) is 60.4 Å². The molecule has 0 spiro atoms. The van der Waals surface area contributed by atoms with Gasteiger partial charge in [-0.1, -0.05) is 55.0 Å². The Morgan fingerprint density at radius 2 is 1.71 bits per heavy atom. The molecule has 1 N–H and O–H groups in total. The number of carbonyl (C=O) groups excluding carboxylic acids is 1. The minimum absolute atomic E-state index is 0.0850. The molecule has 0 radical (unpaired) electrons. The second kappa shape index (κ2) is 12.2. The Bertz CT molecular complexity index is 1250. The Hall–Kier alpha value is -3.60. The minimum atomic E-state index is 0.0850. The second-order valence-corrected chi connectivity index (χ2v) is 9.09. The van der Waals surface area contributed by atoms with Gasteiger partial charge in [0, 0.05) is 13.0 Å². The zero-order chi connectivity index (χ0) is 24.5. The molecule has 1 amide bonds. The van der Waals surface area contributed by atoms with Crippen LogP contribution in [0.25, 0.3) is 11.0 Å². The number of fused-ring (bicyclic) bond motifs is 1. The van der Waals surface area contributed by atoms with Crippen LogP contribution in [-0.2, 0) is 24.2 Å². The molecule has 5 nitrogen and oxygen atoms in total. The average molecular weight is 470 g/mol. The first-order chi connectivity index (χ1) is 17.1. The standard InChI is InChI=1S/C30H35N3O2/c1-23-16-17-26(21-24(23)2)35-20-19-33-28-14-9-8-13-27(28)32-29(33)15-7-4-10-18-31-30(34)22-25-11-5-3-6-12-25/h3,5-6,8-9,11-14,16-17,21H,4,7,10,15,18-20,22H2,1-2H3,(H,31,34). The van der Waals surface area contributed by atoms with E-state index in [9.17, 15) is 4.79 Å². The van der Waals surface area contributed by atoms with Crippen LogP contribution >= 0.6 is 0 Å². The van der Waals surface area contributed by atoms with Gasteiger partial charge >= 0.3 is 0 Å². The van der Waals surface area contributed by atoms with Crippen molar-refractivity contribution in [3.63, 3.8) is 0 Å². The number of unbranched alkanes of at least 4 members (excludes halogenated alkanes) is 2. The summed E-state index contributed by atoms with van der Waals surface area (Å²) >= 11 is 0. The topological polar surface area (TPSA) is 56.1 Å². The highest BCUT2D eigenvalue weighted by atomic mass is 16.5. The first-order valence-corrected chi connectivity index (χ1v) is 12.5. The maximum absolute atomic E-state index is 12.1. The molecule has 0 saturated carbocycles. The maximum Gasteiger partial charge on any atom is 0.224 e. The molecule has 0 aliphatic carbocycles. The summed E-state index contributed by atoms with van der Waals surface area (Å²) in [6.07, 6.45) is 4.41. The fraction of sp³-hybridized carbons (Fsp3) is 0.333. The van der Waals surface area contributed by atoms with E-state index in [0.29, 0.717) is 19.6 Å². The van der Waals surface area contributed by atoms with E-state index in [-0.39, 0.29) is 5.91 Å². The van der Waals surface area contributed by atoms with Crippen molar-refractivity contribution in [2.45, 2.75) is 52.5 Å². The van der Waals surface area contributed by atoms with Crippen molar-refractivity contribution >= 4 is 16.9 Å². The van der Waals surface area contributed by atoms with Gasteiger partial charge in [-0.25, -0.2) is 4.98 Å². The van der Waals surface area contributed by atoms with Gasteiger partial charge in [0.25, 0.3) is 0 Å². The van der Waals surface area contributed by atoms with Crippen molar-refractivity contribution in [3.05, 3.63) is 95.3 Å². The van der Waals surface area contributed by atoms with Crippen molar-refractivity contribution in [3.8, 4) is 5.75 Å². The number of amides is 1. The third-order valence-electron chi connectivity index (χ3n) is 6.40. The molecule has 0 unspecified atom stereocenters. The molecule has 0 saturated heterocycles. The summed E-state index contributed by atoms with van der Waals surface area (Å²) in [7, 11) is 0. The number of imidazole rings is 1. The van der Waals surface area contributed by atoms with Crippen LogP contribution in [0.3, 0.4) is 0 Å². The van der Waals surface area contributed by atoms with Crippen LogP contribution in [-0.4, -0.2) is 28.6 Å². The molecule has 0 bridgehead atoms. The number of hydrogen-bond acceptors (Lipinski definition) is 3. The number of nitrogens with one attached hydrogen (secondary N) is 1. The van der Waals surface area contributed by atoms with E-state index >= 15 is 0 Å². The van der Waals surface area contributed by atoms with Crippen LogP contribution in [0.2, 0.25) is 0 Å². The Labute approximate surface area is 208 Å². The molecule has 35 heavy (non-hydrogen) atoms. The minimum Gasteiger partial charge on any atom is -0.492 e. The van der Waals surface area contributed by atoms with Gasteiger partial charge in [0.15, 0.2) is 0 Å². The highest BCUT2D eigenvalue weighted by molar-refractivity contribution is 5.78. The SMILES string of the molecule is Cc1ccc(OCCn2c(CCCCCNC(=O)Cc3ccccc3)nc3ccccc32)cc1C. The molecule has 0 aliphatic rings. The van der Waals surface area contributed by atoms with Gasteiger partial charge in [0.05, 0.1) is 24.0 Å². The number of benzene rings is 3. The summed E-state index contributed by atoms with van der Waals surface area (Å²) in [6.45, 7) is 6.30. The summed E-state index contributed by atoms with van der Waals surface area (Å²) in [5.41, 5.74) is 5.75. The molecule has 0 atom stereocenters. The molecular weight excluding hydrogens is 434 g/mol. The van der Waals surface area contributed by atoms with Crippen molar-refractivity contribution in [1.29, 1.82) is 0 Å². The molecule has 4 aromatic rings. The van der Waals surface area contributed by atoms with Crippen molar-refractivity contribution in [2.24, 2.45) is 0 Å². The molecule has 3 aromatic carbocycles. The molecule has 182 valence electrons. The van der Waals surface area contributed by atoms with Gasteiger partial charge in [0.1, 0.15) is 18.2 Å². The Morgan fingerprint density at radius 3 is 2.54 bits per heavy atom. The number of para-hydroxylation sites is 2. The zero-order valence-electron chi connectivity index (χ0n) is 20.8. The number of ether oxygens (including phenoxy) is 1. The Kier molecular flexibility index (Phi) is 8.55. The van der Waals surface area contributed by atoms with E-state index in [2.05, 4.69) is 54.1 Å². The van der Waals surface area contributed by atoms with Crippen LogP contribution in [0, 0.1) is 13.8 Å². The Balaban J connectivity index is 1.25. The number of nitrogens with zero attached hydrogens (tertiary/aromatic N) is 2. The van der Waals surface area contributed by atoms with Crippen molar-refractivity contribution < 1.29 is 9.53 Å². The van der Waals surface area contributed by atoms with Crippen LogP contribution < -0.4 is 10.1 Å². The van der Waals surface area contributed by atoms with Crippen LogP contribution in [0.1, 0.15) is 41.8 Å². The quantitative estimate of drug-likeness (QED) is 0.267. The smallest absolute Gasteiger partial charge is 0.224 e. The zero-order valence-corrected chi connectivity index (χ0v) is 20.8. The lowest BCUT2D eigenvalue weighted by Crippen LogP contribution is -2.26. The van der Waals surface area contributed by atoms with E-state index in [1.165, 1.54) is 11.1 Å². The summed E-state index contributed by atoms with van der Waals surface area (Å²) in [4.78, 5) is 17.0. The van der Waals surface area contributed by atoms with Crippen molar-refractivity contribution in [2.75, 3.05) is 13.2 Å². The predicted molar refractivity (Wildman–Crippen MR) is 142 cm³/mol. The second-order valence-electron chi connectivity index (χ2n) is 9.09. The van der Waals surface area contributed by atoms with Gasteiger partial charge in [-0.3, -0.25) is 4.79 Å². The van der Waals surface area contributed by atoms with Gasteiger partial charge in [-0.2, -0.15) is 0 Å². The fourth-order valence-corrected chi connectivity index (χ4v) is 4.28. The van der Waals surface area contributed by atoms with Crippen molar-refractivity contribution in [1.82, 2.24) is 14.9 Å². The lowest BCUT2D eigenvalue weighted by Gasteiger charge is -2.12. The Morgan fingerprint density at radius 1 is 0.914 bits per heavy atom. The molecule has 0 fully saturated rings. The molecule has 1 aromatic heterocycles. The van der Waals surface area contributed by atoms with Gasteiger partial charge in [-0.05, 0) is 67.6 Å². The first kappa shape index (κ1) is 24.5. The predicted octanol–water partition coefficient (Wildman–Crippen LogP) is 5.80. The third kappa shape index (κ3) is 6.95. The third-order valence-corrected chi connectivity index (χ3v) is 6.40. The summed E-state index contributed by atoms with van der Waals surface area (Å²) < 4.78 is 8.34. The first-order valence-electron chi connectivity index (χ1n) is 12.5. The maximum atomic E-state index is 12.1. The number of hydrogen-bond donors (Lipinski definition) is 1. The molecular formula is C30H35N3O2. The number of aryl methyl sites for hydroxylation is 3. The van der Waals surface area contributed by atoms with Gasteiger partial charge < -0.3 is 14.6 Å². The molecule has 4 rings (SSSR count). The highest BCUT2D eigenvalue weighted by Crippen LogP contribution is 2.19. The lowest BCUT2D eigenvalue weighted by molar-refractivity contribution is -0.120. The van der Waals surface area contributed by atoms with E-state index in [1.807, 2.05) is 42.5 Å². The van der Waals surface area contributed by atoms with E-state index in [4.69, 9.17) is 9.72 Å². The largest absolute Gasteiger partial charge is 0.492 e. The van der Waals surface area contributed by atoms with Crippen LogP contribution in [0.4, 0.5) is 0 Å². The van der Waals surface area contributed by atoms with Gasteiger partial charge in [0.2, 0.25) is 5.91 Å². The lowest BCUT2D eigenvalue weighted by atomic mass is 10.1. The normalized spacial score (nSPS) is 11.0. The van der Waals surface area contributed by atoms with E-state index in [1.54, 1.807) is 0 Å². The monoisotopic (exact) mass is 469 g/mol. The molecule has 0 aliphatic heterocycles. The summed E-state index contributed by atoms with van der Waals surface area (Å²) in [6, 6.07) is 24.4. The summed E-state index contributed by atoms with van der Waals surface area (Å²) in [5.74, 6) is 2.10. The van der Waals surface area contributed by atoms with E-state index < -0.39 is 0 Å². The average Bonchev–Trinajstić information content (AvgIpc) is 3.21. The number of carbonyl (C=O) groups is 1. The molecule has 5 heteroatoms. The fourth-order valence-electron chi connectivity index (χ4n) is 4.28. The molecule has 1 heterocycles. The van der Waals surface area contributed by atoms with Gasteiger partial charge in [-0.15, -0.1) is 0 Å². The summed E-state index contributed by atoms with van der Waals surface area (Å²) in [5, 5.41) is 3.04. The van der Waals surface area contributed by atoms with Crippen LogP contribution in [0.5, 0.6) is 5.75 Å². The highest BCUT2D eigenvalue weighted by Gasteiger charge is 2.11. The number of aromatic nitrogens is 2. The van der Waals surface area contributed by atoms with Crippen LogP contribution in [0.15, 0.2) is 72.8 Å².